The van der Waals surface area contributed by atoms with E-state index in [-0.39, 0.29) is 18.5 Å². The van der Waals surface area contributed by atoms with E-state index in [2.05, 4.69) is 22.9 Å². The van der Waals surface area contributed by atoms with Gasteiger partial charge in [0.1, 0.15) is 6.10 Å². The van der Waals surface area contributed by atoms with E-state index in [0.29, 0.717) is 33.7 Å². The van der Waals surface area contributed by atoms with Gasteiger partial charge in [-0.15, -0.1) is 11.3 Å². The maximum atomic E-state index is 12.2. The van der Waals surface area contributed by atoms with Crippen LogP contribution in [0.5, 0.6) is 0 Å². The SMILES string of the molecule is CCCCNC(=O)Nc1ccc(N2C[C@H](CNC(=O)c3ccc(Cl)s3)OC2=O)cc1. The highest BCUT2D eigenvalue weighted by Crippen LogP contribution is 2.24. The first kappa shape index (κ1) is 21.9. The Hall–Kier alpha value is -2.78. The van der Waals surface area contributed by atoms with Crippen molar-refractivity contribution < 1.29 is 19.1 Å². The minimum atomic E-state index is -0.480. The third kappa shape index (κ3) is 5.87. The fourth-order valence-corrected chi connectivity index (χ4v) is 3.81. The lowest BCUT2D eigenvalue weighted by Crippen LogP contribution is -2.34. The molecule has 4 amide bonds. The molecule has 30 heavy (non-hydrogen) atoms. The molecule has 1 atom stereocenters. The van der Waals surface area contributed by atoms with Gasteiger partial charge in [-0.05, 0) is 42.8 Å². The van der Waals surface area contributed by atoms with E-state index in [9.17, 15) is 14.4 Å². The first-order chi connectivity index (χ1) is 14.5. The van der Waals surface area contributed by atoms with E-state index in [1.54, 1.807) is 36.4 Å². The second-order valence-electron chi connectivity index (χ2n) is 6.71. The number of carbonyl (C=O) groups is 3. The van der Waals surface area contributed by atoms with E-state index in [4.69, 9.17) is 16.3 Å². The van der Waals surface area contributed by atoms with Gasteiger partial charge in [-0.25, -0.2) is 9.59 Å². The molecule has 0 unspecified atom stereocenters. The molecular formula is C20H23ClN4O4S. The van der Waals surface area contributed by atoms with Crippen molar-refractivity contribution in [2.24, 2.45) is 0 Å². The first-order valence-corrected chi connectivity index (χ1v) is 10.8. The molecule has 1 aliphatic heterocycles. The van der Waals surface area contributed by atoms with Crippen molar-refractivity contribution in [3.63, 3.8) is 0 Å². The molecule has 0 aliphatic carbocycles. The number of halogens is 1. The van der Waals surface area contributed by atoms with E-state index in [1.807, 2.05) is 0 Å². The molecule has 1 fully saturated rings. The summed E-state index contributed by atoms with van der Waals surface area (Å²) in [5.74, 6) is -0.256. The van der Waals surface area contributed by atoms with Crippen LogP contribution < -0.4 is 20.9 Å². The monoisotopic (exact) mass is 450 g/mol. The topological polar surface area (TPSA) is 99.8 Å². The number of cyclic esters (lactones) is 1. The van der Waals surface area contributed by atoms with Gasteiger partial charge < -0.3 is 20.7 Å². The molecule has 3 N–H and O–H groups in total. The van der Waals surface area contributed by atoms with Crippen molar-refractivity contribution in [2.45, 2.75) is 25.9 Å². The number of amides is 4. The summed E-state index contributed by atoms with van der Waals surface area (Å²) in [4.78, 5) is 38.1. The van der Waals surface area contributed by atoms with Crippen LogP contribution in [0, 0.1) is 0 Å². The highest BCUT2D eigenvalue weighted by atomic mass is 35.5. The summed E-state index contributed by atoms with van der Waals surface area (Å²) < 4.78 is 5.88. The summed E-state index contributed by atoms with van der Waals surface area (Å²) >= 11 is 7.03. The standard InChI is InChI=1S/C20H23ClN4O4S/c1-2-3-10-22-19(27)24-13-4-6-14(7-5-13)25-12-15(29-20(25)28)11-23-18(26)16-8-9-17(21)30-16/h4-9,15H,2-3,10-12H2,1H3,(H,23,26)(H2,22,24,27)/t15-/m0/s1. The molecule has 10 heteroatoms. The number of benzene rings is 1. The lowest BCUT2D eigenvalue weighted by molar-refractivity contribution is 0.0920. The predicted molar refractivity (Wildman–Crippen MR) is 118 cm³/mol. The van der Waals surface area contributed by atoms with Gasteiger partial charge in [0.15, 0.2) is 0 Å². The zero-order valence-electron chi connectivity index (χ0n) is 16.4. The van der Waals surface area contributed by atoms with Gasteiger partial charge in [-0.2, -0.15) is 0 Å². The molecule has 1 saturated heterocycles. The summed E-state index contributed by atoms with van der Waals surface area (Å²) in [7, 11) is 0. The Morgan fingerprint density at radius 3 is 2.63 bits per heavy atom. The molecule has 1 aromatic carbocycles. The minimum Gasteiger partial charge on any atom is -0.442 e. The largest absolute Gasteiger partial charge is 0.442 e. The van der Waals surface area contributed by atoms with Crippen molar-refractivity contribution in [1.29, 1.82) is 0 Å². The molecule has 1 aliphatic rings. The lowest BCUT2D eigenvalue weighted by atomic mass is 10.2. The zero-order valence-corrected chi connectivity index (χ0v) is 18.0. The first-order valence-electron chi connectivity index (χ1n) is 9.63. The van der Waals surface area contributed by atoms with Crippen LogP contribution in [0.1, 0.15) is 29.4 Å². The van der Waals surface area contributed by atoms with Gasteiger partial charge in [-0.1, -0.05) is 24.9 Å². The Morgan fingerprint density at radius 1 is 1.20 bits per heavy atom. The van der Waals surface area contributed by atoms with Gasteiger partial charge in [0, 0.05) is 17.9 Å². The number of anilines is 2. The van der Waals surface area contributed by atoms with Crippen molar-refractivity contribution in [1.82, 2.24) is 10.6 Å². The Kier molecular flexibility index (Phi) is 7.53. The minimum absolute atomic E-state index is 0.203. The third-order valence-electron chi connectivity index (χ3n) is 4.41. The predicted octanol–water partition coefficient (Wildman–Crippen LogP) is 4.08. The zero-order chi connectivity index (χ0) is 21.5. The van der Waals surface area contributed by atoms with Gasteiger partial charge in [-0.3, -0.25) is 9.69 Å². The summed E-state index contributed by atoms with van der Waals surface area (Å²) in [6.07, 6.45) is 0.991. The quantitative estimate of drug-likeness (QED) is 0.527. The molecule has 8 nitrogen and oxygen atoms in total. The number of carbonyl (C=O) groups excluding carboxylic acids is 3. The Labute approximate surface area is 183 Å². The van der Waals surface area contributed by atoms with Crippen molar-refractivity contribution >= 4 is 52.3 Å². The lowest BCUT2D eigenvalue weighted by Gasteiger charge is -2.14. The van der Waals surface area contributed by atoms with Crippen LogP contribution >= 0.6 is 22.9 Å². The van der Waals surface area contributed by atoms with E-state index >= 15 is 0 Å². The van der Waals surface area contributed by atoms with E-state index in [1.165, 1.54) is 16.2 Å². The number of nitrogens with one attached hydrogen (secondary N) is 3. The molecule has 0 saturated carbocycles. The number of ether oxygens (including phenoxy) is 1. The van der Waals surface area contributed by atoms with Crippen LogP contribution in [0.15, 0.2) is 36.4 Å². The summed E-state index contributed by atoms with van der Waals surface area (Å²) in [5, 5.41) is 8.28. The molecule has 2 heterocycles. The van der Waals surface area contributed by atoms with Crippen LogP contribution in [0.2, 0.25) is 4.34 Å². The number of hydrogen-bond donors (Lipinski definition) is 3. The fraction of sp³-hybridized carbons (Fsp3) is 0.350. The Balaban J connectivity index is 1.49. The van der Waals surface area contributed by atoms with Gasteiger partial charge in [0.25, 0.3) is 5.91 Å². The van der Waals surface area contributed by atoms with E-state index < -0.39 is 12.2 Å². The maximum Gasteiger partial charge on any atom is 0.414 e. The van der Waals surface area contributed by atoms with Gasteiger partial charge >= 0.3 is 12.1 Å². The normalized spacial score (nSPS) is 15.6. The van der Waals surface area contributed by atoms with Crippen molar-refractivity contribution in [2.75, 3.05) is 29.9 Å². The second-order valence-corrected chi connectivity index (χ2v) is 8.43. The van der Waals surface area contributed by atoms with Crippen LogP contribution in [0.3, 0.4) is 0 Å². The summed E-state index contributed by atoms with van der Waals surface area (Å²) in [6, 6.07) is 9.95. The number of thiophene rings is 1. The number of unbranched alkanes of at least 4 members (excludes halogenated alkanes) is 1. The highest BCUT2D eigenvalue weighted by molar-refractivity contribution is 7.18. The molecule has 160 valence electrons. The number of nitrogens with zero attached hydrogens (tertiary/aromatic N) is 1. The molecule has 0 spiro atoms. The summed E-state index contributed by atoms with van der Waals surface area (Å²) in [6.45, 7) is 3.19. The van der Waals surface area contributed by atoms with Crippen molar-refractivity contribution in [3.05, 3.63) is 45.6 Å². The van der Waals surface area contributed by atoms with Crippen molar-refractivity contribution in [3.8, 4) is 0 Å². The third-order valence-corrected chi connectivity index (χ3v) is 5.64. The summed E-state index contributed by atoms with van der Waals surface area (Å²) in [5.41, 5.74) is 1.27. The Bertz CT molecular complexity index is 902. The highest BCUT2D eigenvalue weighted by Gasteiger charge is 2.32. The molecule has 0 bridgehead atoms. The van der Waals surface area contributed by atoms with Crippen LogP contribution in [-0.4, -0.2) is 43.8 Å². The number of urea groups is 1. The van der Waals surface area contributed by atoms with E-state index in [0.717, 1.165) is 12.8 Å². The fourth-order valence-electron chi connectivity index (χ4n) is 2.85. The molecule has 1 aromatic heterocycles. The number of hydrogen-bond acceptors (Lipinski definition) is 5. The second kappa shape index (κ2) is 10.3. The van der Waals surface area contributed by atoms with Gasteiger partial charge in [0.2, 0.25) is 0 Å². The van der Waals surface area contributed by atoms with Crippen LogP contribution in [-0.2, 0) is 4.74 Å². The average Bonchev–Trinajstić information content (AvgIpc) is 3.32. The number of rotatable bonds is 8. The smallest absolute Gasteiger partial charge is 0.414 e. The van der Waals surface area contributed by atoms with Crippen LogP contribution in [0.25, 0.3) is 0 Å². The molecule has 3 rings (SSSR count). The van der Waals surface area contributed by atoms with Crippen LogP contribution in [0.4, 0.5) is 21.0 Å². The van der Waals surface area contributed by atoms with Gasteiger partial charge in [0.05, 0.1) is 22.3 Å². The molecule has 2 aromatic rings. The molecular weight excluding hydrogens is 428 g/mol. The Morgan fingerprint density at radius 2 is 1.97 bits per heavy atom. The average molecular weight is 451 g/mol. The molecule has 0 radical (unpaired) electrons. The maximum absolute atomic E-state index is 12.2.